The van der Waals surface area contributed by atoms with Crippen LogP contribution in [-0.4, -0.2) is 26.9 Å². The van der Waals surface area contributed by atoms with Gasteiger partial charge in [-0.25, -0.2) is 0 Å². The van der Waals surface area contributed by atoms with Gasteiger partial charge in [-0.05, 0) is 42.7 Å². The first-order chi connectivity index (χ1) is 8.88. The smallest absolute Gasteiger partial charge is 0.120 e. The van der Waals surface area contributed by atoms with E-state index in [2.05, 4.69) is 23.5 Å². The zero-order valence-corrected chi connectivity index (χ0v) is 10.9. The first-order valence-electron chi connectivity index (χ1n) is 6.88. The average Bonchev–Trinajstić information content (AvgIpc) is 2.47. The Labute approximate surface area is 108 Å². The second-order valence-electron chi connectivity index (χ2n) is 5.22. The first kappa shape index (κ1) is 11.8. The molecule has 0 spiro atoms. The van der Waals surface area contributed by atoms with E-state index in [-0.39, 0.29) is 0 Å². The molecule has 1 aromatic carbocycles. The highest BCUT2D eigenvalue weighted by molar-refractivity contribution is 5.58. The number of ether oxygens (including phenoxy) is 2. The Balaban J connectivity index is 1.86. The molecule has 3 heteroatoms. The number of anilines is 1. The number of hydrogen-bond acceptors (Lipinski definition) is 3. The summed E-state index contributed by atoms with van der Waals surface area (Å²) in [5.41, 5.74) is 2.73. The third-order valence-corrected chi connectivity index (χ3v) is 4.27. The summed E-state index contributed by atoms with van der Waals surface area (Å²) < 4.78 is 10.8. The van der Waals surface area contributed by atoms with Gasteiger partial charge in [-0.3, -0.25) is 0 Å². The molecule has 1 saturated heterocycles. The van der Waals surface area contributed by atoms with E-state index in [9.17, 15) is 0 Å². The van der Waals surface area contributed by atoms with E-state index in [1.165, 1.54) is 30.5 Å². The zero-order valence-electron chi connectivity index (χ0n) is 10.9. The molecule has 1 atom stereocenters. The van der Waals surface area contributed by atoms with Crippen LogP contribution in [0.5, 0.6) is 5.75 Å². The molecule has 2 aliphatic heterocycles. The number of benzene rings is 1. The van der Waals surface area contributed by atoms with Crippen molar-refractivity contribution in [2.75, 3.05) is 32.2 Å². The zero-order chi connectivity index (χ0) is 12.4. The Morgan fingerprint density at radius 2 is 2.06 bits per heavy atom. The van der Waals surface area contributed by atoms with Gasteiger partial charge in [-0.1, -0.05) is 6.07 Å². The van der Waals surface area contributed by atoms with Crippen molar-refractivity contribution >= 4 is 5.69 Å². The highest BCUT2D eigenvalue weighted by Gasteiger charge is 2.29. The Kier molecular flexibility index (Phi) is 3.41. The van der Waals surface area contributed by atoms with E-state index < -0.39 is 0 Å². The van der Waals surface area contributed by atoms with E-state index in [4.69, 9.17) is 9.47 Å². The summed E-state index contributed by atoms with van der Waals surface area (Å²) >= 11 is 0. The minimum Gasteiger partial charge on any atom is -0.497 e. The van der Waals surface area contributed by atoms with Crippen LogP contribution in [0.3, 0.4) is 0 Å². The third-order valence-electron chi connectivity index (χ3n) is 4.27. The van der Waals surface area contributed by atoms with Crippen LogP contribution in [0, 0.1) is 5.92 Å². The van der Waals surface area contributed by atoms with Crippen molar-refractivity contribution in [1.29, 1.82) is 0 Å². The molecule has 18 heavy (non-hydrogen) atoms. The van der Waals surface area contributed by atoms with Crippen molar-refractivity contribution in [3.63, 3.8) is 0 Å². The number of nitrogens with one attached hydrogen (secondary N) is 1. The van der Waals surface area contributed by atoms with Crippen LogP contribution in [0.4, 0.5) is 5.69 Å². The topological polar surface area (TPSA) is 30.5 Å². The molecule has 2 heterocycles. The van der Waals surface area contributed by atoms with E-state index in [1.807, 2.05) is 0 Å². The predicted molar refractivity (Wildman–Crippen MR) is 72.4 cm³/mol. The van der Waals surface area contributed by atoms with E-state index in [0.717, 1.165) is 31.4 Å². The van der Waals surface area contributed by atoms with Crippen LogP contribution in [0.2, 0.25) is 0 Å². The highest BCUT2D eigenvalue weighted by atomic mass is 16.5. The average molecular weight is 247 g/mol. The van der Waals surface area contributed by atoms with Crippen LogP contribution < -0.4 is 10.1 Å². The fraction of sp³-hybridized carbons (Fsp3) is 0.600. The van der Waals surface area contributed by atoms with Crippen molar-refractivity contribution in [2.45, 2.75) is 25.2 Å². The van der Waals surface area contributed by atoms with Gasteiger partial charge in [0.05, 0.1) is 7.11 Å². The lowest BCUT2D eigenvalue weighted by Crippen LogP contribution is -2.27. The molecular weight excluding hydrogens is 226 g/mol. The molecule has 0 amide bonds. The van der Waals surface area contributed by atoms with Gasteiger partial charge in [0.15, 0.2) is 0 Å². The monoisotopic (exact) mass is 247 g/mol. The quantitative estimate of drug-likeness (QED) is 0.871. The first-order valence-corrected chi connectivity index (χ1v) is 6.88. The Bertz CT molecular complexity index is 413. The lowest BCUT2D eigenvalue weighted by molar-refractivity contribution is 0.0568. The van der Waals surface area contributed by atoms with Gasteiger partial charge >= 0.3 is 0 Å². The molecule has 1 unspecified atom stereocenters. The van der Waals surface area contributed by atoms with Gasteiger partial charge in [-0.15, -0.1) is 0 Å². The summed E-state index contributed by atoms with van der Waals surface area (Å²) in [5, 5.41) is 3.50. The molecule has 0 saturated carbocycles. The van der Waals surface area contributed by atoms with Crippen LogP contribution >= 0.6 is 0 Å². The maximum Gasteiger partial charge on any atom is 0.120 e. The largest absolute Gasteiger partial charge is 0.497 e. The van der Waals surface area contributed by atoms with Crippen LogP contribution in [0.15, 0.2) is 18.2 Å². The van der Waals surface area contributed by atoms with Crippen molar-refractivity contribution in [3.05, 3.63) is 23.8 Å². The van der Waals surface area contributed by atoms with Gasteiger partial charge in [0.2, 0.25) is 0 Å². The number of rotatable bonds is 2. The molecular formula is C15H21NO2. The van der Waals surface area contributed by atoms with Gasteiger partial charge in [0.1, 0.15) is 5.75 Å². The second-order valence-corrected chi connectivity index (χ2v) is 5.22. The van der Waals surface area contributed by atoms with Gasteiger partial charge < -0.3 is 14.8 Å². The van der Waals surface area contributed by atoms with Gasteiger partial charge in [0.25, 0.3) is 0 Å². The molecule has 1 aromatic rings. The summed E-state index contributed by atoms with van der Waals surface area (Å²) in [7, 11) is 1.72. The van der Waals surface area contributed by atoms with Crippen molar-refractivity contribution in [3.8, 4) is 5.75 Å². The molecule has 98 valence electrons. The molecule has 3 nitrogen and oxygen atoms in total. The van der Waals surface area contributed by atoms with Crippen molar-refractivity contribution < 1.29 is 9.47 Å². The summed E-state index contributed by atoms with van der Waals surface area (Å²) in [4.78, 5) is 0. The standard InChI is InChI=1S/C15H21NO2/c1-17-12-2-3-14-13(4-7-16-15(14)10-12)11-5-8-18-9-6-11/h2-3,10-11,13,16H,4-9H2,1H3. The molecule has 0 bridgehead atoms. The van der Waals surface area contributed by atoms with E-state index in [1.54, 1.807) is 7.11 Å². The molecule has 1 N–H and O–H groups in total. The normalized spacial score (nSPS) is 24.2. The van der Waals surface area contributed by atoms with E-state index >= 15 is 0 Å². The molecule has 3 rings (SSSR count). The minimum atomic E-state index is 0.691. The Morgan fingerprint density at radius 1 is 1.22 bits per heavy atom. The van der Waals surface area contributed by atoms with Gasteiger partial charge in [0, 0.05) is 31.5 Å². The molecule has 0 radical (unpaired) electrons. The molecule has 0 aliphatic carbocycles. The van der Waals surface area contributed by atoms with E-state index in [0.29, 0.717) is 5.92 Å². The third kappa shape index (κ3) is 2.19. The number of methoxy groups -OCH3 is 1. The van der Waals surface area contributed by atoms with Crippen LogP contribution in [0.25, 0.3) is 0 Å². The lowest BCUT2D eigenvalue weighted by atomic mass is 9.77. The summed E-state index contributed by atoms with van der Waals surface area (Å²) in [6.07, 6.45) is 3.65. The minimum absolute atomic E-state index is 0.691. The number of hydrogen-bond donors (Lipinski definition) is 1. The Morgan fingerprint density at radius 3 is 2.83 bits per heavy atom. The van der Waals surface area contributed by atoms with Gasteiger partial charge in [-0.2, -0.15) is 0 Å². The highest BCUT2D eigenvalue weighted by Crippen LogP contribution is 2.41. The summed E-state index contributed by atoms with van der Waals surface area (Å²) in [5.74, 6) is 2.41. The number of fused-ring (bicyclic) bond motifs is 1. The summed E-state index contributed by atoms with van der Waals surface area (Å²) in [6.45, 7) is 2.93. The molecule has 0 aromatic heterocycles. The fourth-order valence-corrected chi connectivity index (χ4v) is 3.26. The lowest BCUT2D eigenvalue weighted by Gasteiger charge is -2.35. The van der Waals surface area contributed by atoms with Crippen molar-refractivity contribution in [2.24, 2.45) is 5.92 Å². The molecule has 2 aliphatic rings. The maximum atomic E-state index is 5.48. The fourth-order valence-electron chi connectivity index (χ4n) is 3.26. The molecule has 1 fully saturated rings. The van der Waals surface area contributed by atoms with Crippen LogP contribution in [-0.2, 0) is 4.74 Å². The second kappa shape index (κ2) is 5.19. The Hall–Kier alpha value is -1.22. The SMILES string of the molecule is COc1ccc2c(c1)NCCC2C1CCOCC1. The van der Waals surface area contributed by atoms with Crippen LogP contribution in [0.1, 0.15) is 30.7 Å². The maximum absolute atomic E-state index is 5.48. The predicted octanol–water partition coefficient (Wildman–Crippen LogP) is 3.02. The summed E-state index contributed by atoms with van der Waals surface area (Å²) in [6, 6.07) is 6.44. The van der Waals surface area contributed by atoms with Crippen molar-refractivity contribution in [1.82, 2.24) is 0 Å².